The molecule has 3 rings (SSSR count). The fraction of sp³-hybridized carbons (Fsp3) is 0.625. The third kappa shape index (κ3) is 3.80. The quantitative estimate of drug-likeness (QED) is 0.894. The van der Waals surface area contributed by atoms with E-state index in [9.17, 15) is 18.0 Å². The molecule has 2 amide bonds. The van der Waals surface area contributed by atoms with Crippen LogP contribution in [0.1, 0.15) is 31.2 Å². The smallest absolute Gasteiger partial charge is 0.381 e. The number of rotatable bonds is 2. The second kappa shape index (κ2) is 6.96. The summed E-state index contributed by atoms with van der Waals surface area (Å²) in [4.78, 5) is 18.0. The first-order valence-electron chi connectivity index (χ1n) is 8.14. The van der Waals surface area contributed by atoms with E-state index in [1.54, 1.807) is 4.90 Å². The van der Waals surface area contributed by atoms with Crippen LogP contribution in [0.3, 0.4) is 0 Å². The summed E-state index contributed by atoms with van der Waals surface area (Å²) in [5.74, 6) is 0.314. The van der Waals surface area contributed by atoms with Crippen LogP contribution in [-0.2, 0) is 10.9 Å². The van der Waals surface area contributed by atoms with Gasteiger partial charge in [0.05, 0.1) is 5.56 Å². The Morgan fingerprint density at radius 3 is 2.75 bits per heavy atom. The highest BCUT2D eigenvalue weighted by Gasteiger charge is 2.36. The number of likely N-dealkylation sites (tertiary alicyclic amines) is 1. The highest BCUT2D eigenvalue weighted by molar-refractivity contribution is 5.88. The third-order valence-corrected chi connectivity index (χ3v) is 4.69. The Bertz CT molecular complexity index is 588. The van der Waals surface area contributed by atoms with E-state index in [2.05, 4.69) is 10.3 Å². The Balaban J connectivity index is 1.67. The van der Waals surface area contributed by atoms with E-state index < -0.39 is 11.7 Å². The number of hydrogen-bond donors (Lipinski definition) is 1. The van der Waals surface area contributed by atoms with Gasteiger partial charge in [0, 0.05) is 32.0 Å². The van der Waals surface area contributed by atoms with E-state index in [1.165, 1.54) is 0 Å². The van der Waals surface area contributed by atoms with Crippen LogP contribution >= 0.6 is 0 Å². The van der Waals surface area contributed by atoms with Gasteiger partial charge in [-0.25, -0.2) is 9.78 Å². The van der Waals surface area contributed by atoms with Crippen molar-refractivity contribution in [1.82, 2.24) is 9.88 Å². The molecule has 1 aromatic heterocycles. The van der Waals surface area contributed by atoms with Gasteiger partial charge in [0.25, 0.3) is 0 Å². The molecular formula is C16H20F3N3O2. The second-order valence-electron chi connectivity index (χ2n) is 6.21. The number of carbonyl (C=O) groups excluding carboxylic acids is 1. The lowest BCUT2D eigenvalue weighted by Crippen LogP contribution is -2.44. The van der Waals surface area contributed by atoms with Crippen molar-refractivity contribution < 1.29 is 22.7 Å². The zero-order valence-electron chi connectivity index (χ0n) is 13.2. The molecule has 0 aromatic carbocycles. The van der Waals surface area contributed by atoms with Crippen LogP contribution in [0.25, 0.3) is 0 Å². The molecule has 0 aliphatic carbocycles. The molecule has 0 bridgehead atoms. The number of hydrogen-bond acceptors (Lipinski definition) is 3. The topological polar surface area (TPSA) is 54.5 Å². The maximum Gasteiger partial charge on any atom is 0.416 e. The largest absolute Gasteiger partial charge is 0.416 e. The summed E-state index contributed by atoms with van der Waals surface area (Å²) < 4.78 is 43.6. The minimum atomic E-state index is -4.46. The Morgan fingerprint density at radius 1 is 1.29 bits per heavy atom. The molecule has 8 heteroatoms. The molecule has 2 aliphatic rings. The molecule has 2 saturated heterocycles. The van der Waals surface area contributed by atoms with E-state index in [0.717, 1.165) is 44.0 Å². The first-order chi connectivity index (χ1) is 11.4. The lowest BCUT2D eigenvalue weighted by atomic mass is 9.90. The van der Waals surface area contributed by atoms with Crippen molar-refractivity contribution >= 4 is 11.8 Å². The zero-order chi connectivity index (χ0) is 17.2. The summed E-state index contributed by atoms with van der Waals surface area (Å²) in [7, 11) is 0. The number of nitrogens with zero attached hydrogens (tertiary/aromatic N) is 2. The second-order valence-corrected chi connectivity index (χ2v) is 6.21. The minimum absolute atomic E-state index is 0.0764. The summed E-state index contributed by atoms with van der Waals surface area (Å²) in [6.45, 7) is 2.02. The van der Waals surface area contributed by atoms with Crippen molar-refractivity contribution in [3.8, 4) is 0 Å². The number of carbonyl (C=O) groups is 1. The van der Waals surface area contributed by atoms with Crippen molar-refractivity contribution in [3.63, 3.8) is 0 Å². The van der Waals surface area contributed by atoms with Crippen molar-refractivity contribution in [2.45, 2.75) is 37.9 Å². The van der Waals surface area contributed by atoms with Gasteiger partial charge < -0.3 is 9.64 Å². The van der Waals surface area contributed by atoms with Gasteiger partial charge >= 0.3 is 12.2 Å². The third-order valence-electron chi connectivity index (χ3n) is 4.69. The van der Waals surface area contributed by atoms with Crippen molar-refractivity contribution in [3.05, 3.63) is 23.9 Å². The number of nitrogens with one attached hydrogen (secondary N) is 1. The summed E-state index contributed by atoms with van der Waals surface area (Å²) in [6.07, 6.45) is 0.255. The number of halogens is 3. The number of alkyl halides is 3. The monoisotopic (exact) mass is 343 g/mol. The number of amides is 2. The number of ether oxygens (including phenoxy) is 1. The Labute approximate surface area is 138 Å². The van der Waals surface area contributed by atoms with Gasteiger partial charge in [0.2, 0.25) is 0 Å². The Morgan fingerprint density at radius 2 is 2.04 bits per heavy atom. The lowest BCUT2D eigenvalue weighted by Gasteiger charge is -2.33. The van der Waals surface area contributed by atoms with E-state index in [0.29, 0.717) is 25.7 Å². The van der Waals surface area contributed by atoms with Crippen LogP contribution in [0.4, 0.5) is 23.8 Å². The standard InChI is InChI=1S/C16H20F3N3O2/c17-16(18,19)12-3-6-20-14(10-12)21-15(23)22-7-1-2-13(22)11-4-8-24-9-5-11/h3,6,10-11,13H,1-2,4-5,7-9H2,(H,20,21,23). The summed E-state index contributed by atoms with van der Waals surface area (Å²) in [5.41, 5.74) is -0.824. The van der Waals surface area contributed by atoms with Crippen LogP contribution in [0, 0.1) is 5.92 Å². The molecule has 2 fully saturated rings. The average molecular weight is 343 g/mol. The molecule has 0 radical (unpaired) electrons. The van der Waals surface area contributed by atoms with Gasteiger partial charge in [-0.15, -0.1) is 0 Å². The van der Waals surface area contributed by atoms with Gasteiger partial charge in [-0.1, -0.05) is 0 Å². The SMILES string of the molecule is O=C(Nc1cc(C(F)(F)F)ccn1)N1CCCC1C1CCOCC1. The molecule has 1 unspecified atom stereocenters. The highest BCUT2D eigenvalue weighted by Crippen LogP contribution is 2.32. The number of anilines is 1. The molecule has 0 saturated carbocycles. The first kappa shape index (κ1) is 17.0. The molecule has 2 aliphatic heterocycles. The normalized spacial score (nSPS) is 22.6. The van der Waals surface area contributed by atoms with Gasteiger partial charge in [-0.05, 0) is 43.7 Å². The Kier molecular flexibility index (Phi) is 4.93. The fourth-order valence-electron chi connectivity index (χ4n) is 3.49. The maximum atomic E-state index is 12.7. The van der Waals surface area contributed by atoms with E-state index in [4.69, 9.17) is 4.74 Å². The number of urea groups is 1. The van der Waals surface area contributed by atoms with Crippen molar-refractivity contribution in [2.24, 2.45) is 5.92 Å². The lowest BCUT2D eigenvalue weighted by molar-refractivity contribution is -0.137. The van der Waals surface area contributed by atoms with E-state index in [1.807, 2.05) is 0 Å². The van der Waals surface area contributed by atoms with E-state index >= 15 is 0 Å². The predicted octanol–water partition coefficient (Wildman–Crippen LogP) is 3.52. The first-order valence-corrected chi connectivity index (χ1v) is 8.14. The summed E-state index contributed by atoms with van der Waals surface area (Å²) in [6, 6.07) is 1.49. The van der Waals surface area contributed by atoms with Crippen molar-refractivity contribution in [2.75, 3.05) is 25.1 Å². The molecule has 1 aromatic rings. The molecule has 3 heterocycles. The molecule has 24 heavy (non-hydrogen) atoms. The molecule has 132 valence electrons. The molecular weight excluding hydrogens is 323 g/mol. The van der Waals surface area contributed by atoms with Crippen LogP contribution in [0.5, 0.6) is 0 Å². The molecule has 1 atom stereocenters. The van der Waals surface area contributed by atoms with E-state index in [-0.39, 0.29) is 17.9 Å². The minimum Gasteiger partial charge on any atom is -0.381 e. The maximum absolute atomic E-state index is 12.7. The fourth-order valence-corrected chi connectivity index (χ4v) is 3.49. The van der Waals surface area contributed by atoms with Crippen LogP contribution in [-0.4, -0.2) is 41.7 Å². The summed E-state index contributed by atoms with van der Waals surface area (Å²) in [5, 5.41) is 2.51. The van der Waals surface area contributed by atoms with Crippen molar-refractivity contribution in [1.29, 1.82) is 0 Å². The van der Waals surface area contributed by atoms with Gasteiger partial charge in [-0.2, -0.15) is 13.2 Å². The van der Waals surface area contributed by atoms with Gasteiger partial charge in [0.15, 0.2) is 0 Å². The van der Waals surface area contributed by atoms with Gasteiger partial charge in [0.1, 0.15) is 5.82 Å². The number of pyridine rings is 1. The molecule has 5 nitrogen and oxygen atoms in total. The number of aromatic nitrogens is 1. The molecule has 1 N–H and O–H groups in total. The van der Waals surface area contributed by atoms with Crippen LogP contribution in [0.15, 0.2) is 18.3 Å². The zero-order valence-corrected chi connectivity index (χ0v) is 13.2. The van der Waals surface area contributed by atoms with Crippen LogP contribution < -0.4 is 5.32 Å². The average Bonchev–Trinajstić information content (AvgIpc) is 3.05. The molecule has 0 spiro atoms. The van der Waals surface area contributed by atoms with Gasteiger partial charge in [-0.3, -0.25) is 5.32 Å². The summed E-state index contributed by atoms with van der Waals surface area (Å²) >= 11 is 0. The predicted molar refractivity (Wildman–Crippen MR) is 81.5 cm³/mol. The van der Waals surface area contributed by atoms with Crippen LogP contribution in [0.2, 0.25) is 0 Å². The Hall–Kier alpha value is -1.83. The highest BCUT2D eigenvalue weighted by atomic mass is 19.4.